The van der Waals surface area contributed by atoms with Crippen molar-refractivity contribution in [3.63, 3.8) is 0 Å². The Morgan fingerprint density at radius 1 is 1.41 bits per heavy atom. The Morgan fingerprint density at radius 2 is 2.06 bits per heavy atom. The molecule has 94 valence electrons. The quantitative estimate of drug-likeness (QED) is 0.733. The number of ether oxygens (including phenoxy) is 1. The van der Waals surface area contributed by atoms with Crippen LogP contribution in [0, 0.1) is 6.92 Å². The van der Waals surface area contributed by atoms with Crippen molar-refractivity contribution in [1.29, 1.82) is 0 Å². The normalized spacial score (nSPS) is 11.5. The van der Waals surface area contributed by atoms with Gasteiger partial charge in [-0.3, -0.25) is 0 Å². The van der Waals surface area contributed by atoms with Gasteiger partial charge in [-0.1, -0.05) is 6.07 Å². The van der Waals surface area contributed by atoms with Crippen molar-refractivity contribution >= 4 is 16.3 Å². The summed E-state index contributed by atoms with van der Waals surface area (Å²) in [5.74, 6) is 0.272. The van der Waals surface area contributed by atoms with Crippen LogP contribution in [0.3, 0.4) is 0 Å². The van der Waals surface area contributed by atoms with E-state index in [0.29, 0.717) is 6.29 Å². The minimum Gasteiger partial charge on any atom is -0.495 e. The second kappa shape index (κ2) is 5.29. The zero-order chi connectivity index (χ0) is 13.1. The maximum absolute atomic E-state index is 12.1. The van der Waals surface area contributed by atoms with E-state index in [1.54, 1.807) is 19.1 Å². The number of rotatable bonds is 5. The number of hydrogen-bond acceptors (Lipinski definition) is 4. The third-order valence-electron chi connectivity index (χ3n) is 2.34. The van der Waals surface area contributed by atoms with Crippen LogP contribution in [0.25, 0.3) is 0 Å². The number of methoxy groups -OCH3 is 1. The van der Waals surface area contributed by atoms with E-state index in [9.17, 15) is 13.2 Å². The van der Waals surface area contributed by atoms with Gasteiger partial charge in [-0.15, -0.1) is 0 Å². The summed E-state index contributed by atoms with van der Waals surface area (Å²) in [6.45, 7) is 1.61. The van der Waals surface area contributed by atoms with Gasteiger partial charge in [0.2, 0.25) is 10.0 Å². The number of sulfonamides is 1. The van der Waals surface area contributed by atoms with Crippen LogP contribution in [0.15, 0.2) is 23.1 Å². The second-order valence-electron chi connectivity index (χ2n) is 3.61. The van der Waals surface area contributed by atoms with Crippen LogP contribution >= 0.6 is 0 Å². The summed E-state index contributed by atoms with van der Waals surface area (Å²) in [5, 5.41) is 0. The van der Waals surface area contributed by atoms with Crippen molar-refractivity contribution in [3.8, 4) is 5.75 Å². The first-order valence-corrected chi connectivity index (χ1v) is 6.42. The molecule has 0 radical (unpaired) electrons. The molecule has 0 aliphatic carbocycles. The van der Waals surface area contributed by atoms with Gasteiger partial charge in [-0.2, -0.15) is 4.31 Å². The first kappa shape index (κ1) is 13.7. The Kier molecular flexibility index (Phi) is 4.25. The van der Waals surface area contributed by atoms with Crippen LogP contribution in [0.2, 0.25) is 0 Å². The molecule has 0 heterocycles. The van der Waals surface area contributed by atoms with Crippen LogP contribution < -0.4 is 4.74 Å². The molecule has 0 bridgehead atoms. The minimum absolute atomic E-state index is 0.0735. The van der Waals surface area contributed by atoms with E-state index in [2.05, 4.69) is 0 Å². The summed E-state index contributed by atoms with van der Waals surface area (Å²) in [5.41, 5.74) is 0.809. The van der Waals surface area contributed by atoms with Crippen LogP contribution in [0.4, 0.5) is 0 Å². The molecule has 0 atom stereocenters. The van der Waals surface area contributed by atoms with E-state index in [0.717, 1.165) is 9.87 Å². The number of aryl methyl sites for hydroxylation is 1. The average Bonchev–Trinajstić information content (AvgIpc) is 2.29. The lowest BCUT2D eigenvalue weighted by atomic mass is 10.2. The van der Waals surface area contributed by atoms with Crippen LogP contribution in [0.5, 0.6) is 5.75 Å². The average molecular weight is 257 g/mol. The molecule has 1 rings (SSSR count). The molecule has 0 fully saturated rings. The van der Waals surface area contributed by atoms with Gasteiger partial charge >= 0.3 is 0 Å². The molecular formula is C11H15NO4S. The number of carbonyl (C=O) groups is 1. The SMILES string of the molecule is COc1ccc(C)cc1S(=O)(=O)N(C)CC=O. The van der Waals surface area contributed by atoms with E-state index in [-0.39, 0.29) is 17.2 Å². The Labute approximate surface area is 101 Å². The van der Waals surface area contributed by atoms with Gasteiger partial charge in [0.1, 0.15) is 16.9 Å². The van der Waals surface area contributed by atoms with Crippen molar-refractivity contribution in [2.75, 3.05) is 20.7 Å². The van der Waals surface area contributed by atoms with Crippen LogP contribution in [-0.4, -0.2) is 39.7 Å². The van der Waals surface area contributed by atoms with Crippen molar-refractivity contribution < 1.29 is 17.9 Å². The predicted molar refractivity (Wildman–Crippen MR) is 63.6 cm³/mol. The van der Waals surface area contributed by atoms with Gasteiger partial charge in [-0.25, -0.2) is 8.42 Å². The monoisotopic (exact) mass is 257 g/mol. The first-order chi connectivity index (χ1) is 7.93. The molecular weight excluding hydrogens is 242 g/mol. The Balaban J connectivity index is 3.31. The van der Waals surface area contributed by atoms with Gasteiger partial charge in [0, 0.05) is 7.05 Å². The molecule has 0 aliphatic heterocycles. The molecule has 0 unspecified atom stereocenters. The summed E-state index contributed by atoms with van der Waals surface area (Å²) in [7, 11) is -0.930. The number of hydrogen-bond donors (Lipinski definition) is 0. The molecule has 17 heavy (non-hydrogen) atoms. The lowest BCUT2D eigenvalue weighted by Gasteiger charge is -2.16. The first-order valence-electron chi connectivity index (χ1n) is 4.98. The van der Waals surface area contributed by atoms with Crippen LogP contribution in [0.1, 0.15) is 5.56 Å². The van der Waals surface area contributed by atoms with Crippen LogP contribution in [-0.2, 0) is 14.8 Å². The summed E-state index contributed by atoms with van der Waals surface area (Å²) >= 11 is 0. The zero-order valence-corrected chi connectivity index (χ0v) is 10.8. The van der Waals surface area contributed by atoms with Crippen molar-refractivity contribution in [2.45, 2.75) is 11.8 Å². The standard InChI is InChI=1S/C11H15NO4S/c1-9-4-5-10(16-3)11(8-9)17(14,15)12(2)6-7-13/h4-5,7-8H,6H2,1-3H3. The minimum atomic E-state index is -3.69. The molecule has 0 spiro atoms. The Hall–Kier alpha value is -1.40. The molecule has 0 aromatic heterocycles. The van der Waals surface area contributed by atoms with Gasteiger partial charge in [0.05, 0.1) is 13.7 Å². The largest absolute Gasteiger partial charge is 0.495 e. The number of benzene rings is 1. The smallest absolute Gasteiger partial charge is 0.246 e. The summed E-state index contributed by atoms with van der Waals surface area (Å²) in [6.07, 6.45) is 0.541. The van der Waals surface area contributed by atoms with Gasteiger partial charge in [0.25, 0.3) is 0 Å². The molecule has 5 nitrogen and oxygen atoms in total. The summed E-state index contributed by atoms with van der Waals surface area (Å²) < 4.78 is 30.3. The Morgan fingerprint density at radius 3 is 2.59 bits per heavy atom. The van der Waals surface area contributed by atoms with E-state index >= 15 is 0 Å². The lowest BCUT2D eigenvalue weighted by Crippen LogP contribution is -2.29. The topological polar surface area (TPSA) is 63.7 Å². The number of nitrogens with zero attached hydrogens (tertiary/aromatic N) is 1. The number of carbonyl (C=O) groups excluding carboxylic acids is 1. The van der Waals surface area contributed by atoms with E-state index in [1.165, 1.54) is 20.2 Å². The fraction of sp³-hybridized carbons (Fsp3) is 0.364. The lowest BCUT2D eigenvalue weighted by molar-refractivity contribution is -0.107. The Bertz CT molecular complexity index is 510. The third-order valence-corrected chi connectivity index (χ3v) is 4.18. The molecule has 0 saturated heterocycles. The van der Waals surface area contributed by atoms with Crippen molar-refractivity contribution in [3.05, 3.63) is 23.8 Å². The van der Waals surface area contributed by atoms with E-state index < -0.39 is 10.0 Å². The third kappa shape index (κ3) is 2.83. The number of likely N-dealkylation sites (N-methyl/N-ethyl adjacent to an activating group) is 1. The summed E-state index contributed by atoms with van der Waals surface area (Å²) in [6, 6.07) is 4.88. The highest BCUT2D eigenvalue weighted by Gasteiger charge is 2.24. The molecule has 0 aliphatic rings. The predicted octanol–water partition coefficient (Wildman–Crippen LogP) is 0.823. The summed E-state index contributed by atoms with van der Waals surface area (Å²) in [4.78, 5) is 10.5. The highest BCUT2D eigenvalue weighted by Crippen LogP contribution is 2.26. The fourth-order valence-corrected chi connectivity index (χ4v) is 2.69. The maximum Gasteiger partial charge on any atom is 0.246 e. The molecule has 1 aromatic rings. The second-order valence-corrected chi connectivity index (χ2v) is 5.62. The molecule has 6 heteroatoms. The molecule has 0 amide bonds. The van der Waals surface area contributed by atoms with Gasteiger partial charge in [-0.05, 0) is 24.6 Å². The highest BCUT2D eigenvalue weighted by molar-refractivity contribution is 7.89. The van der Waals surface area contributed by atoms with E-state index in [4.69, 9.17) is 4.74 Å². The molecule has 1 aromatic carbocycles. The van der Waals surface area contributed by atoms with Gasteiger partial charge < -0.3 is 9.53 Å². The number of aldehydes is 1. The maximum atomic E-state index is 12.1. The van der Waals surface area contributed by atoms with E-state index in [1.807, 2.05) is 0 Å². The molecule has 0 saturated carbocycles. The van der Waals surface area contributed by atoms with Crippen molar-refractivity contribution in [1.82, 2.24) is 4.31 Å². The molecule has 0 N–H and O–H groups in total. The van der Waals surface area contributed by atoms with Crippen molar-refractivity contribution in [2.24, 2.45) is 0 Å². The fourth-order valence-electron chi connectivity index (χ4n) is 1.36. The van der Waals surface area contributed by atoms with Gasteiger partial charge in [0.15, 0.2) is 0 Å². The zero-order valence-electron chi connectivity index (χ0n) is 10.0. The highest BCUT2D eigenvalue weighted by atomic mass is 32.2.